The highest BCUT2D eigenvalue weighted by atomic mass is 35.5. The SMILES string of the molecule is C=CCn1cc(CNCc2ccc(F)cc2Cl)c(C)n1. The monoisotopic (exact) mass is 293 g/mol. The molecule has 2 rings (SSSR count). The van der Waals surface area contributed by atoms with Gasteiger partial charge >= 0.3 is 0 Å². The van der Waals surface area contributed by atoms with E-state index >= 15 is 0 Å². The number of aromatic nitrogens is 2. The van der Waals surface area contributed by atoms with Crippen LogP contribution in [-0.4, -0.2) is 9.78 Å². The minimum Gasteiger partial charge on any atom is -0.308 e. The molecule has 5 heteroatoms. The summed E-state index contributed by atoms with van der Waals surface area (Å²) in [6.45, 7) is 7.64. The van der Waals surface area contributed by atoms with Crippen LogP contribution in [0.25, 0.3) is 0 Å². The van der Waals surface area contributed by atoms with Gasteiger partial charge in [0.05, 0.1) is 12.2 Å². The zero-order valence-electron chi connectivity index (χ0n) is 11.4. The first-order valence-corrected chi connectivity index (χ1v) is 6.76. The molecule has 2 aromatic rings. The van der Waals surface area contributed by atoms with Gasteiger partial charge in [-0.1, -0.05) is 23.7 Å². The third-order valence-electron chi connectivity index (χ3n) is 3.01. The van der Waals surface area contributed by atoms with E-state index in [9.17, 15) is 4.39 Å². The van der Waals surface area contributed by atoms with Crippen molar-refractivity contribution in [3.63, 3.8) is 0 Å². The maximum absolute atomic E-state index is 12.9. The molecule has 0 fully saturated rings. The van der Waals surface area contributed by atoms with Gasteiger partial charge in [-0.25, -0.2) is 4.39 Å². The Bertz CT molecular complexity index is 607. The number of allylic oxidation sites excluding steroid dienone is 1. The van der Waals surface area contributed by atoms with E-state index in [0.717, 1.165) is 16.8 Å². The van der Waals surface area contributed by atoms with Crippen LogP contribution in [-0.2, 0) is 19.6 Å². The largest absolute Gasteiger partial charge is 0.308 e. The van der Waals surface area contributed by atoms with Gasteiger partial charge in [-0.3, -0.25) is 4.68 Å². The second-order valence-corrected chi connectivity index (χ2v) is 5.00. The average Bonchev–Trinajstić information content (AvgIpc) is 2.73. The Labute approximate surface area is 123 Å². The summed E-state index contributed by atoms with van der Waals surface area (Å²) >= 11 is 5.98. The lowest BCUT2D eigenvalue weighted by atomic mass is 10.2. The minimum atomic E-state index is -0.319. The van der Waals surface area contributed by atoms with Crippen molar-refractivity contribution in [3.8, 4) is 0 Å². The Hall–Kier alpha value is -1.65. The van der Waals surface area contributed by atoms with E-state index < -0.39 is 0 Å². The van der Waals surface area contributed by atoms with Gasteiger partial charge in [0.15, 0.2) is 0 Å². The summed E-state index contributed by atoms with van der Waals surface area (Å²) in [5.41, 5.74) is 3.00. The van der Waals surface area contributed by atoms with Crippen LogP contribution in [0.2, 0.25) is 5.02 Å². The van der Waals surface area contributed by atoms with Crippen LogP contribution in [0.5, 0.6) is 0 Å². The van der Waals surface area contributed by atoms with E-state index in [1.165, 1.54) is 12.1 Å². The molecule has 0 spiro atoms. The molecule has 0 saturated heterocycles. The third kappa shape index (κ3) is 3.68. The zero-order valence-corrected chi connectivity index (χ0v) is 12.1. The van der Waals surface area contributed by atoms with Crippen molar-refractivity contribution in [2.45, 2.75) is 26.6 Å². The molecule has 1 aromatic carbocycles. The third-order valence-corrected chi connectivity index (χ3v) is 3.36. The van der Waals surface area contributed by atoms with Crippen LogP contribution in [0.3, 0.4) is 0 Å². The molecule has 0 aliphatic rings. The highest BCUT2D eigenvalue weighted by Gasteiger charge is 2.05. The summed E-state index contributed by atoms with van der Waals surface area (Å²) in [6.07, 6.45) is 3.80. The van der Waals surface area contributed by atoms with Crippen molar-refractivity contribution in [2.24, 2.45) is 0 Å². The van der Waals surface area contributed by atoms with Crippen LogP contribution in [0, 0.1) is 12.7 Å². The van der Waals surface area contributed by atoms with Crippen molar-refractivity contribution in [2.75, 3.05) is 0 Å². The van der Waals surface area contributed by atoms with E-state index in [0.29, 0.717) is 24.7 Å². The van der Waals surface area contributed by atoms with Gasteiger partial charge in [0, 0.05) is 29.9 Å². The van der Waals surface area contributed by atoms with Gasteiger partial charge in [-0.2, -0.15) is 5.10 Å². The number of hydrogen-bond donors (Lipinski definition) is 1. The van der Waals surface area contributed by atoms with Crippen LogP contribution in [0.4, 0.5) is 4.39 Å². The molecule has 0 saturated carbocycles. The molecule has 1 heterocycles. The lowest BCUT2D eigenvalue weighted by Crippen LogP contribution is -2.13. The number of nitrogens with zero attached hydrogens (tertiary/aromatic N) is 2. The number of hydrogen-bond acceptors (Lipinski definition) is 2. The van der Waals surface area contributed by atoms with Crippen LogP contribution >= 0.6 is 11.6 Å². The van der Waals surface area contributed by atoms with E-state index in [-0.39, 0.29) is 5.82 Å². The Morgan fingerprint density at radius 1 is 1.40 bits per heavy atom. The number of benzene rings is 1. The van der Waals surface area contributed by atoms with Crippen molar-refractivity contribution in [3.05, 3.63) is 64.7 Å². The van der Waals surface area contributed by atoms with E-state index in [1.54, 1.807) is 6.07 Å². The lowest BCUT2D eigenvalue weighted by Gasteiger charge is -2.06. The molecule has 0 aliphatic carbocycles. The summed E-state index contributed by atoms with van der Waals surface area (Å²) in [5, 5.41) is 8.11. The van der Waals surface area contributed by atoms with Crippen molar-refractivity contribution in [1.82, 2.24) is 15.1 Å². The Morgan fingerprint density at radius 3 is 2.85 bits per heavy atom. The molecule has 0 unspecified atom stereocenters. The first-order chi connectivity index (χ1) is 9.60. The average molecular weight is 294 g/mol. The highest BCUT2D eigenvalue weighted by Crippen LogP contribution is 2.17. The molecule has 1 N–H and O–H groups in total. The normalized spacial score (nSPS) is 10.8. The first kappa shape index (κ1) is 14.8. The summed E-state index contributed by atoms with van der Waals surface area (Å²) in [7, 11) is 0. The first-order valence-electron chi connectivity index (χ1n) is 6.38. The summed E-state index contributed by atoms with van der Waals surface area (Å²) in [6, 6.07) is 4.43. The minimum absolute atomic E-state index is 0.319. The number of rotatable bonds is 6. The fourth-order valence-corrected chi connectivity index (χ4v) is 2.19. The zero-order chi connectivity index (χ0) is 14.5. The Kier molecular flexibility index (Phi) is 4.93. The molecule has 20 heavy (non-hydrogen) atoms. The van der Waals surface area contributed by atoms with Crippen molar-refractivity contribution < 1.29 is 4.39 Å². The molecule has 3 nitrogen and oxygen atoms in total. The summed E-state index contributed by atoms with van der Waals surface area (Å²) in [4.78, 5) is 0. The van der Waals surface area contributed by atoms with Gasteiger partial charge < -0.3 is 5.32 Å². The predicted molar refractivity (Wildman–Crippen MR) is 79.1 cm³/mol. The quantitative estimate of drug-likeness (QED) is 0.827. The van der Waals surface area contributed by atoms with Gasteiger partial charge in [0.25, 0.3) is 0 Å². The van der Waals surface area contributed by atoms with E-state index in [1.807, 2.05) is 23.9 Å². The molecule has 0 amide bonds. The van der Waals surface area contributed by atoms with Crippen LogP contribution in [0.1, 0.15) is 16.8 Å². The Morgan fingerprint density at radius 2 is 2.15 bits per heavy atom. The number of nitrogens with one attached hydrogen (secondary N) is 1. The number of halogens is 2. The molecular formula is C15H17ClFN3. The fraction of sp³-hybridized carbons (Fsp3) is 0.267. The molecular weight excluding hydrogens is 277 g/mol. The fourth-order valence-electron chi connectivity index (χ4n) is 1.96. The summed E-state index contributed by atoms with van der Waals surface area (Å²) in [5.74, 6) is -0.319. The van der Waals surface area contributed by atoms with E-state index in [4.69, 9.17) is 11.6 Å². The molecule has 0 radical (unpaired) electrons. The second kappa shape index (κ2) is 6.68. The van der Waals surface area contributed by atoms with Gasteiger partial charge in [0.1, 0.15) is 5.82 Å². The topological polar surface area (TPSA) is 29.9 Å². The predicted octanol–water partition coefficient (Wildman–Crippen LogP) is 3.46. The van der Waals surface area contributed by atoms with Gasteiger partial charge in [-0.15, -0.1) is 6.58 Å². The van der Waals surface area contributed by atoms with Crippen molar-refractivity contribution >= 4 is 11.6 Å². The smallest absolute Gasteiger partial charge is 0.124 e. The van der Waals surface area contributed by atoms with E-state index in [2.05, 4.69) is 17.0 Å². The Balaban J connectivity index is 1.94. The maximum Gasteiger partial charge on any atom is 0.124 e. The molecule has 0 atom stereocenters. The molecule has 106 valence electrons. The van der Waals surface area contributed by atoms with Gasteiger partial charge in [0.2, 0.25) is 0 Å². The lowest BCUT2D eigenvalue weighted by molar-refractivity contribution is 0.625. The van der Waals surface area contributed by atoms with Crippen LogP contribution in [0.15, 0.2) is 37.1 Å². The standard InChI is InChI=1S/C15H17ClFN3/c1-3-6-20-10-13(11(2)19-20)9-18-8-12-4-5-14(17)7-15(12)16/h3-5,7,10,18H,1,6,8-9H2,2H3. The number of aryl methyl sites for hydroxylation is 1. The second-order valence-electron chi connectivity index (χ2n) is 4.59. The maximum atomic E-state index is 12.9. The molecule has 0 bridgehead atoms. The molecule has 0 aliphatic heterocycles. The molecule has 1 aromatic heterocycles. The van der Waals surface area contributed by atoms with Gasteiger partial charge in [-0.05, 0) is 24.6 Å². The highest BCUT2D eigenvalue weighted by molar-refractivity contribution is 6.31. The summed E-state index contributed by atoms with van der Waals surface area (Å²) < 4.78 is 14.8. The van der Waals surface area contributed by atoms with Crippen molar-refractivity contribution in [1.29, 1.82) is 0 Å². The van der Waals surface area contributed by atoms with Crippen LogP contribution < -0.4 is 5.32 Å².